The standard InChI is InChI=1S/C21H20N6O/c28-20-17(12-6-7-13-22-20)24-21-23-16-11-5-4-10-15(16)19-25-18(26-27(19)21)14-8-2-1-3-9-14/h1-5,8-11,17H,6-7,12-13H2,(H,22,28)(H,23,24)/t17-/m1/s1. The number of nitrogens with zero attached hydrogens (tertiary/aromatic N) is 4. The van der Waals surface area contributed by atoms with Crippen LogP contribution in [0, 0.1) is 0 Å². The summed E-state index contributed by atoms with van der Waals surface area (Å²) in [6.07, 6.45) is 2.74. The summed E-state index contributed by atoms with van der Waals surface area (Å²) >= 11 is 0. The number of anilines is 1. The summed E-state index contributed by atoms with van der Waals surface area (Å²) in [5.74, 6) is 1.17. The summed E-state index contributed by atoms with van der Waals surface area (Å²) in [4.78, 5) is 21.9. The SMILES string of the molecule is O=C1NCCCC[C@H]1Nc1nc2ccccc2c2nc(-c3ccccc3)nn12. The minimum atomic E-state index is -0.330. The molecule has 7 nitrogen and oxygen atoms in total. The van der Waals surface area contributed by atoms with Crippen molar-refractivity contribution in [2.75, 3.05) is 11.9 Å². The van der Waals surface area contributed by atoms with Gasteiger partial charge in [-0.05, 0) is 31.4 Å². The molecule has 5 rings (SSSR count). The number of hydrogen-bond acceptors (Lipinski definition) is 5. The van der Waals surface area contributed by atoms with Gasteiger partial charge in [-0.2, -0.15) is 4.52 Å². The Morgan fingerprint density at radius 2 is 1.82 bits per heavy atom. The Bertz CT molecular complexity index is 1150. The zero-order chi connectivity index (χ0) is 18.9. The van der Waals surface area contributed by atoms with Crippen LogP contribution in [0.2, 0.25) is 0 Å². The molecule has 2 aromatic carbocycles. The van der Waals surface area contributed by atoms with E-state index >= 15 is 0 Å². The molecule has 1 aliphatic rings. The van der Waals surface area contributed by atoms with E-state index in [1.807, 2.05) is 54.6 Å². The molecule has 1 amide bonds. The van der Waals surface area contributed by atoms with Crippen molar-refractivity contribution in [2.45, 2.75) is 25.3 Å². The average Bonchev–Trinajstić information content (AvgIpc) is 3.09. The molecule has 3 heterocycles. The number of hydrogen-bond donors (Lipinski definition) is 2. The van der Waals surface area contributed by atoms with Gasteiger partial charge in [0, 0.05) is 17.5 Å². The Morgan fingerprint density at radius 3 is 2.71 bits per heavy atom. The van der Waals surface area contributed by atoms with Crippen molar-refractivity contribution in [3.05, 3.63) is 54.6 Å². The second-order valence-electron chi connectivity index (χ2n) is 6.97. The van der Waals surface area contributed by atoms with E-state index in [0.717, 1.165) is 47.9 Å². The fourth-order valence-corrected chi connectivity index (χ4v) is 3.59. The molecule has 1 aliphatic heterocycles. The second kappa shape index (κ2) is 6.92. The number of aromatic nitrogens is 4. The molecule has 7 heteroatoms. The van der Waals surface area contributed by atoms with Crippen LogP contribution >= 0.6 is 0 Å². The van der Waals surface area contributed by atoms with E-state index in [4.69, 9.17) is 15.1 Å². The number of carbonyl (C=O) groups excluding carboxylic acids is 1. The lowest BCUT2D eigenvalue weighted by Gasteiger charge is -2.16. The summed E-state index contributed by atoms with van der Waals surface area (Å²) in [7, 11) is 0. The molecule has 4 aromatic rings. The summed E-state index contributed by atoms with van der Waals surface area (Å²) in [5, 5.41) is 11.9. The van der Waals surface area contributed by atoms with E-state index in [0.29, 0.717) is 11.8 Å². The number of carbonyl (C=O) groups is 1. The van der Waals surface area contributed by atoms with Crippen LogP contribution in [0.1, 0.15) is 19.3 Å². The Balaban J connectivity index is 1.66. The Labute approximate surface area is 161 Å². The van der Waals surface area contributed by atoms with Crippen LogP contribution in [0.25, 0.3) is 27.9 Å². The first kappa shape index (κ1) is 16.7. The lowest BCUT2D eigenvalue weighted by atomic mass is 10.1. The maximum Gasteiger partial charge on any atom is 0.242 e. The quantitative estimate of drug-likeness (QED) is 0.577. The molecule has 0 unspecified atom stereocenters. The van der Waals surface area contributed by atoms with Crippen molar-refractivity contribution in [1.29, 1.82) is 0 Å². The maximum atomic E-state index is 12.4. The highest BCUT2D eigenvalue weighted by Gasteiger charge is 2.23. The summed E-state index contributed by atoms with van der Waals surface area (Å²) in [5.41, 5.74) is 2.48. The molecule has 28 heavy (non-hydrogen) atoms. The predicted molar refractivity (Wildman–Crippen MR) is 108 cm³/mol. The van der Waals surface area contributed by atoms with E-state index in [1.165, 1.54) is 0 Å². The van der Waals surface area contributed by atoms with Crippen LogP contribution in [0.3, 0.4) is 0 Å². The first-order chi connectivity index (χ1) is 13.8. The van der Waals surface area contributed by atoms with Crippen LogP contribution in [0.4, 0.5) is 5.95 Å². The minimum absolute atomic E-state index is 0.00371. The van der Waals surface area contributed by atoms with E-state index in [-0.39, 0.29) is 11.9 Å². The van der Waals surface area contributed by atoms with Crippen LogP contribution in [0.5, 0.6) is 0 Å². The van der Waals surface area contributed by atoms with Crippen LogP contribution in [-0.4, -0.2) is 38.1 Å². The largest absolute Gasteiger partial charge is 0.354 e. The Morgan fingerprint density at radius 1 is 1.00 bits per heavy atom. The second-order valence-corrected chi connectivity index (χ2v) is 6.97. The highest BCUT2D eigenvalue weighted by atomic mass is 16.2. The molecule has 1 fully saturated rings. The molecule has 0 saturated carbocycles. The zero-order valence-electron chi connectivity index (χ0n) is 15.3. The Hall–Kier alpha value is -3.48. The van der Waals surface area contributed by atoms with Gasteiger partial charge in [0.1, 0.15) is 6.04 Å². The molecule has 1 saturated heterocycles. The third kappa shape index (κ3) is 2.94. The van der Waals surface area contributed by atoms with Gasteiger partial charge in [0.05, 0.1) is 5.52 Å². The van der Waals surface area contributed by atoms with Crippen molar-refractivity contribution in [3.8, 4) is 11.4 Å². The number of nitrogens with one attached hydrogen (secondary N) is 2. The van der Waals surface area contributed by atoms with Crippen molar-refractivity contribution < 1.29 is 4.79 Å². The first-order valence-corrected chi connectivity index (χ1v) is 9.55. The van der Waals surface area contributed by atoms with Gasteiger partial charge in [0.15, 0.2) is 11.5 Å². The van der Waals surface area contributed by atoms with E-state index < -0.39 is 0 Å². The highest BCUT2D eigenvalue weighted by molar-refractivity contribution is 5.93. The fourth-order valence-electron chi connectivity index (χ4n) is 3.59. The molecule has 0 radical (unpaired) electrons. The van der Waals surface area contributed by atoms with Gasteiger partial charge in [-0.15, -0.1) is 5.10 Å². The molecule has 2 N–H and O–H groups in total. The third-order valence-corrected chi connectivity index (χ3v) is 5.05. The molecule has 140 valence electrons. The van der Waals surface area contributed by atoms with Gasteiger partial charge in [-0.3, -0.25) is 4.79 Å². The number of fused-ring (bicyclic) bond motifs is 3. The average molecular weight is 372 g/mol. The lowest BCUT2D eigenvalue weighted by Crippen LogP contribution is -2.38. The first-order valence-electron chi connectivity index (χ1n) is 9.55. The van der Waals surface area contributed by atoms with Crippen LogP contribution < -0.4 is 10.6 Å². The monoisotopic (exact) mass is 372 g/mol. The van der Waals surface area contributed by atoms with E-state index in [1.54, 1.807) is 4.52 Å². The Kier molecular flexibility index (Phi) is 4.12. The number of benzene rings is 2. The number of para-hydroxylation sites is 1. The van der Waals surface area contributed by atoms with Crippen LogP contribution in [0.15, 0.2) is 54.6 Å². The van der Waals surface area contributed by atoms with Crippen molar-refractivity contribution in [2.24, 2.45) is 0 Å². The van der Waals surface area contributed by atoms with Gasteiger partial charge in [-0.1, -0.05) is 42.5 Å². The molecule has 0 spiro atoms. The van der Waals surface area contributed by atoms with E-state index in [2.05, 4.69) is 10.6 Å². The van der Waals surface area contributed by atoms with Gasteiger partial charge in [0.2, 0.25) is 11.9 Å². The molecule has 1 atom stereocenters. The molecule has 0 bridgehead atoms. The third-order valence-electron chi connectivity index (χ3n) is 5.05. The summed E-state index contributed by atoms with van der Waals surface area (Å²) < 4.78 is 1.71. The van der Waals surface area contributed by atoms with Crippen molar-refractivity contribution in [1.82, 2.24) is 24.9 Å². The summed E-state index contributed by atoms with van der Waals surface area (Å²) in [6, 6.07) is 17.4. The predicted octanol–water partition coefficient (Wildman–Crippen LogP) is 3.03. The van der Waals surface area contributed by atoms with Gasteiger partial charge < -0.3 is 10.6 Å². The minimum Gasteiger partial charge on any atom is -0.354 e. The molecular formula is C21H20N6O. The lowest BCUT2D eigenvalue weighted by molar-refractivity contribution is -0.121. The van der Waals surface area contributed by atoms with Crippen LogP contribution in [-0.2, 0) is 4.79 Å². The van der Waals surface area contributed by atoms with Crippen molar-refractivity contribution >= 4 is 28.4 Å². The zero-order valence-corrected chi connectivity index (χ0v) is 15.3. The van der Waals surface area contributed by atoms with Gasteiger partial charge >= 0.3 is 0 Å². The smallest absolute Gasteiger partial charge is 0.242 e. The normalized spacial score (nSPS) is 17.4. The van der Waals surface area contributed by atoms with Gasteiger partial charge in [-0.25, -0.2) is 9.97 Å². The topological polar surface area (TPSA) is 84.2 Å². The van der Waals surface area contributed by atoms with Gasteiger partial charge in [0.25, 0.3) is 0 Å². The van der Waals surface area contributed by atoms with Crippen molar-refractivity contribution in [3.63, 3.8) is 0 Å². The molecule has 0 aliphatic carbocycles. The van der Waals surface area contributed by atoms with E-state index in [9.17, 15) is 4.79 Å². The highest BCUT2D eigenvalue weighted by Crippen LogP contribution is 2.24. The fraction of sp³-hybridized carbons (Fsp3) is 0.238. The maximum absolute atomic E-state index is 12.4. The molecule has 2 aromatic heterocycles. The summed E-state index contributed by atoms with van der Waals surface area (Å²) in [6.45, 7) is 0.721. The number of amides is 1. The number of rotatable bonds is 3. The molecular weight excluding hydrogens is 352 g/mol.